The number of hydrogen-bond acceptors (Lipinski definition) is 4. The average Bonchev–Trinajstić information content (AvgIpc) is 2.43. The molecule has 5 heteroatoms. The lowest BCUT2D eigenvalue weighted by atomic mass is 10.0. The molecular formula is C14H8ClN3O. The maximum Gasteiger partial charge on any atom is 0.138 e. The lowest BCUT2D eigenvalue weighted by Gasteiger charge is -2.10. The first-order chi connectivity index (χ1) is 9.22. The Hall–Kier alpha value is -2.51. The third kappa shape index (κ3) is 1.81. The summed E-state index contributed by atoms with van der Waals surface area (Å²) in [5.74, 6) is 0.552. The van der Waals surface area contributed by atoms with Crippen LogP contribution in [0.3, 0.4) is 0 Å². The van der Waals surface area contributed by atoms with Crippen molar-refractivity contribution in [1.29, 1.82) is 5.26 Å². The Labute approximate surface area is 113 Å². The van der Waals surface area contributed by atoms with Crippen molar-refractivity contribution < 1.29 is 4.42 Å². The molecule has 0 fully saturated rings. The Morgan fingerprint density at radius 3 is 2.79 bits per heavy atom. The standard InChI is InChI=1S/C14H8ClN3O/c15-18-9-2-4-11-12(7-16)10-3-1-8(17)5-13(10)19-14(11)6-9/h1-6H,17H2/b18-9+. The number of nitriles is 1. The number of halogens is 1. The van der Waals surface area contributed by atoms with E-state index in [2.05, 4.69) is 10.6 Å². The molecule has 0 atom stereocenters. The van der Waals surface area contributed by atoms with E-state index in [-0.39, 0.29) is 0 Å². The molecule has 0 amide bonds. The summed E-state index contributed by atoms with van der Waals surface area (Å²) in [5.41, 5.74) is 8.16. The Morgan fingerprint density at radius 2 is 2.05 bits per heavy atom. The summed E-state index contributed by atoms with van der Waals surface area (Å²) in [7, 11) is 0. The second-order valence-electron chi connectivity index (χ2n) is 4.11. The van der Waals surface area contributed by atoms with Crippen molar-refractivity contribution in [3.8, 4) is 17.4 Å². The molecule has 1 aliphatic carbocycles. The van der Waals surface area contributed by atoms with Crippen LogP contribution in [0.15, 0.2) is 45.3 Å². The minimum absolute atomic E-state index is 0.552. The van der Waals surface area contributed by atoms with E-state index >= 15 is 0 Å². The molecule has 2 N–H and O–H groups in total. The van der Waals surface area contributed by atoms with Crippen LogP contribution < -0.4 is 11.1 Å². The average molecular weight is 270 g/mol. The zero-order valence-corrected chi connectivity index (χ0v) is 10.5. The molecule has 0 saturated carbocycles. The van der Waals surface area contributed by atoms with Gasteiger partial charge in [0.05, 0.1) is 10.9 Å². The summed E-state index contributed by atoms with van der Waals surface area (Å²) in [6.45, 7) is 0. The monoisotopic (exact) mass is 269 g/mol. The highest BCUT2D eigenvalue weighted by molar-refractivity contribution is 6.14. The fraction of sp³-hybridized carbons (Fsp3) is 0. The van der Waals surface area contributed by atoms with Crippen LogP contribution in [0.4, 0.5) is 5.69 Å². The molecule has 2 aliphatic rings. The second-order valence-corrected chi connectivity index (χ2v) is 4.28. The summed E-state index contributed by atoms with van der Waals surface area (Å²) >= 11 is 5.44. The third-order valence-corrected chi connectivity index (χ3v) is 3.13. The fourth-order valence-corrected chi connectivity index (χ4v) is 2.17. The summed E-state index contributed by atoms with van der Waals surface area (Å²) in [6, 6.07) is 12.6. The predicted octanol–water partition coefficient (Wildman–Crippen LogP) is 3.05. The van der Waals surface area contributed by atoms with Crippen LogP contribution in [0.5, 0.6) is 0 Å². The summed E-state index contributed by atoms with van der Waals surface area (Å²) in [5, 5.41) is 10.7. The first-order valence-corrected chi connectivity index (χ1v) is 5.88. The van der Waals surface area contributed by atoms with Crippen molar-refractivity contribution in [2.24, 2.45) is 4.51 Å². The summed E-state index contributed by atoms with van der Waals surface area (Å²) in [6.07, 6.45) is 0. The molecule has 0 radical (unpaired) electrons. The molecule has 1 aromatic rings. The molecule has 1 aliphatic heterocycles. The number of nitrogens with zero attached hydrogens (tertiary/aromatic N) is 2. The van der Waals surface area contributed by atoms with Gasteiger partial charge in [-0.25, -0.2) is 0 Å². The van der Waals surface area contributed by atoms with Crippen molar-refractivity contribution in [1.82, 2.24) is 0 Å². The molecule has 1 heterocycles. The van der Waals surface area contributed by atoms with Gasteiger partial charge >= 0.3 is 0 Å². The number of hydrogen-bond donors (Lipinski definition) is 1. The number of anilines is 1. The van der Waals surface area contributed by atoms with Crippen LogP contribution in [-0.2, 0) is 0 Å². The van der Waals surface area contributed by atoms with Gasteiger partial charge in [-0.3, -0.25) is 0 Å². The third-order valence-electron chi connectivity index (χ3n) is 2.94. The number of nitrogen functional groups attached to an aromatic ring is 1. The largest absolute Gasteiger partial charge is 0.456 e. The summed E-state index contributed by atoms with van der Waals surface area (Å²) < 4.78 is 9.34. The molecule has 1 aromatic carbocycles. The van der Waals surface area contributed by atoms with Crippen molar-refractivity contribution in [3.05, 3.63) is 47.3 Å². The maximum atomic E-state index is 9.36. The molecule has 92 valence electrons. The molecule has 0 aromatic heterocycles. The summed E-state index contributed by atoms with van der Waals surface area (Å²) in [4.78, 5) is 0. The van der Waals surface area contributed by atoms with Gasteiger partial charge in [0, 0.05) is 40.5 Å². The van der Waals surface area contributed by atoms with Crippen LogP contribution >= 0.6 is 11.8 Å². The topological polar surface area (TPSA) is 75.3 Å². The Morgan fingerprint density at radius 1 is 1.21 bits per heavy atom. The molecule has 0 spiro atoms. The smallest absolute Gasteiger partial charge is 0.138 e. The molecule has 3 rings (SSSR count). The van der Waals surface area contributed by atoms with Gasteiger partial charge in [-0.2, -0.15) is 9.77 Å². The van der Waals surface area contributed by atoms with Crippen molar-refractivity contribution in [3.63, 3.8) is 0 Å². The first-order valence-electron chi connectivity index (χ1n) is 5.54. The van der Waals surface area contributed by atoms with E-state index in [4.69, 9.17) is 21.9 Å². The number of nitrogens with two attached hydrogens (primary N) is 1. The minimum Gasteiger partial charge on any atom is -0.456 e. The van der Waals surface area contributed by atoms with Crippen LogP contribution in [0.1, 0.15) is 5.56 Å². The normalized spacial score (nSPS) is 11.9. The zero-order chi connectivity index (χ0) is 13.4. The molecular weight excluding hydrogens is 262 g/mol. The van der Waals surface area contributed by atoms with Crippen molar-refractivity contribution in [2.45, 2.75) is 0 Å². The Kier molecular flexibility index (Phi) is 2.62. The molecule has 19 heavy (non-hydrogen) atoms. The van der Waals surface area contributed by atoms with Gasteiger partial charge in [0.2, 0.25) is 0 Å². The highest BCUT2D eigenvalue weighted by Crippen LogP contribution is 2.32. The van der Waals surface area contributed by atoms with Gasteiger partial charge in [0.25, 0.3) is 0 Å². The van der Waals surface area contributed by atoms with E-state index in [0.717, 1.165) is 10.9 Å². The van der Waals surface area contributed by atoms with Gasteiger partial charge in [-0.1, -0.05) is 0 Å². The number of rotatable bonds is 0. The van der Waals surface area contributed by atoms with E-state index in [1.807, 2.05) is 0 Å². The van der Waals surface area contributed by atoms with Crippen molar-refractivity contribution in [2.75, 3.05) is 5.73 Å². The van der Waals surface area contributed by atoms with E-state index in [1.54, 1.807) is 36.4 Å². The van der Waals surface area contributed by atoms with Crippen LogP contribution in [0, 0.1) is 11.3 Å². The molecule has 0 saturated heterocycles. The van der Waals surface area contributed by atoms with Gasteiger partial charge in [-0.15, -0.1) is 0 Å². The van der Waals surface area contributed by atoms with Crippen LogP contribution in [0.25, 0.3) is 22.3 Å². The predicted molar refractivity (Wildman–Crippen MR) is 73.4 cm³/mol. The van der Waals surface area contributed by atoms with E-state index in [9.17, 15) is 5.26 Å². The lowest BCUT2D eigenvalue weighted by molar-refractivity contribution is 0.618. The Balaban J connectivity index is 2.53. The quantitative estimate of drug-likeness (QED) is 0.503. The van der Waals surface area contributed by atoms with Gasteiger partial charge in [0.15, 0.2) is 0 Å². The Bertz CT molecular complexity index is 861. The number of benzene rings is 2. The zero-order valence-electron chi connectivity index (χ0n) is 9.72. The molecule has 4 nitrogen and oxygen atoms in total. The SMILES string of the molecule is N#Cc1c2cc/c(=N\Cl)cc-2oc2cc(N)ccc12. The fourth-order valence-electron chi connectivity index (χ4n) is 2.07. The van der Waals surface area contributed by atoms with Gasteiger partial charge < -0.3 is 10.2 Å². The second kappa shape index (κ2) is 4.30. The number of fused-ring (bicyclic) bond motifs is 2. The van der Waals surface area contributed by atoms with E-state index in [0.29, 0.717) is 28.0 Å². The lowest BCUT2D eigenvalue weighted by Crippen LogP contribution is -2.01. The highest BCUT2D eigenvalue weighted by atomic mass is 35.5. The van der Waals surface area contributed by atoms with Crippen LogP contribution in [0.2, 0.25) is 0 Å². The highest BCUT2D eigenvalue weighted by Gasteiger charge is 2.14. The minimum atomic E-state index is 0.552. The molecule has 0 bridgehead atoms. The van der Waals surface area contributed by atoms with Crippen LogP contribution in [-0.4, -0.2) is 0 Å². The van der Waals surface area contributed by atoms with Crippen molar-refractivity contribution >= 4 is 28.4 Å². The van der Waals surface area contributed by atoms with E-state index in [1.165, 1.54) is 0 Å². The maximum absolute atomic E-state index is 9.36. The van der Waals surface area contributed by atoms with E-state index < -0.39 is 0 Å². The molecule has 0 unspecified atom stereocenters. The first kappa shape index (κ1) is 11.6. The van der Waals surface area contributed by atoms with Gasteiger partial charge in [0.1, 0.15) is 17.4 Å². The van der Waals surface area contributed by atoms with Gasteiger partial charge in [-0.05, 0) is 24.3 Å².